The van der Waals surface area contributed by atoms with Gasteiger partial charge in [-0.3, -0.25) is 0 Å². The summed E-state index contributed by atoms with van der Waals surface area (Å²) in [4.78, 5) is 4.37. The molecule has 180 valence electrons. The van der Waals surface area contributed by atoms with Crippen LogP contribution in [0.4, 0.5) is 0 Å². The molecule has 3 aromatic rings. The molecule has 0 saturated carbocycles. The Bertz CT molecular complexity index is 1390. The minimum absolute atomic E-state index is 0.0687. The molecular weight excluding hydrogens is 502 g/mol. The van der Waals surface area contributed by atoms with E-state index >= 15 is 0 Å². The molecular formula is C25H24ClN5O2S2. The topological polar surface area (TPSA) is 100 Å². The zero-order valence-corrected chi connectivity index (χ0v) is 21.6. The van der Waals surface area contributed by atoms with Crippen molar-refractivity contribution in [2.75, 3.05) is 12.8 Å². The summed E-state index contributed by atoms with van der Waals surface area (Å²) in [6.07, 6.45) is 1.75. The van der Waals surface area contributed by atoms with E-state index in [2.05, 4.69) is 9.39 Å². The molecule has 10 heteroatoms. The van der Waals surface area contributed by atoms with Crippen LogP contribution in [0.3, 0.4) is 0 Å². The molecule has 0 spiro atoms. The van der Waals surface area contributed by atoms with E-state index in [1.807, 2.05) is 49.4 Å². The Morgan fingerprint density at radius 1 is 1.06 bits per heavy atom. The summed E-state index contributed by atoms with van der Waals surface area (Å²) in [6, 6.07) is 23.7. The predicted molar refractivity (Wildman–Crippen MR) is 145 cm³/mol. The second-order valence-electron chi connectivity index (χ2n) is 7.87. The number of benzene rings is 3. The number of aryl methyl sites for hydroxylation is 1. The average Bonchev–Trinajstić information content (AvgIpc) is 3.30. The molecule has 0 amide bonds. The van der Waals surface area contributed by atoms with Crippen LogP contribution in [0, 0.1) is 6.92 Å². The van der Waals surface area contributed by atoms with Crippen molar-refractivity contribution in [3.8, 4) is 0 Å². The number of hydrogen-bond donors (Lipinski definition) is 1. The van der Waals surface area contributed by atoms with Gasteiger partial charge in [-0.25, -0.2) is 5.01 Å². The van der Waals surface area contributed by atoms with Crippen LogP contribution in [0.15, 0.2) is 98.2 Å². The van der Waals surface area contributed by atoms with Crippen molar-refractivity contribution in [2.45, 2.75) is 17.7 Å². The second kappa shape index (κ2) is 10.6. The molecule has 1 aliphatic heterocycles. The molecule has 0 fully saturated rings. The minimum Gasteiger partial charge on any atom is -0.378 e. The lowest BCUT2D eigenvalue weighted by Crippen LogP contribution is -2.27. The predicted octanol–water partition coefficient (Wildman–Crippen LogP) is 4.87. The van der Waals surface area contributed by atoms with Gasteiger partial charge in [0, 0.05) is 10.9 Å². The molecule has 1 heterocycles. The van der Waals surface area contributed by atoms with Crippen LogP contribution in [0.25, 0.3) is 0 Å². The number of nitrogens with two attached hydrogens (primary N) is 1. The van der Waals surface area contributed by atoms with Crippen LogP contribution in [0.5, 0.6) is 0 Å². The first kappa shape index (κ1) is 25.0. The lowest BCUT2D eigenvalue weighted by atomic mass is 9.91. The maximum absolute atomic E-state index is 13.1. The largest absolute Gasteiger partial charge is 0.378 e. The van der Waals surface area contributed by atoms with E-state index in [4.69, 9.17) is 22.4 Å². The average molecular weight is 526 g/mol. The molecule has 2 N–H and O–H groups in total. The smallest absolute Gasteiger partial charge is 0.285 e. The molecule has 0 radical (unpaired) electrons. The quantitative estimate of drug-likeness (QED) is 0.386. The van der Waals surface area contributed by atoms with Gasteiger partial charge in [0.15, 0.2) is 5.17 Å². The third-order valence-corrected chi connectivity index (χ3v) is 7.46. The first-order chi connectivity index (χ1) is 16.8. The van der Waals surface area contributed by atoms with Gasteiger partial charge in [-0.15, -0.1) is 4.40 Å². The highest BCUT2D eigenvalue weighted by molar-refractivity contribution is 8.13. The molecule has 7 nitrogen and oxygen atoms in total. The van der Waals surface area contributed by atoms with Gasteiger partial charge in [-0.05, 0) is 48.6 Å². The third kappa shape index (κ3) is 5.93. The summed E-state index contributed by atoms with van der Waals surface area (Å²) in [5, 5.41) is 7.05. The summed E-state index contributed by atoms with van der Waals surface area (Å²) in [5.41, 5.74) is 9.58. The number of sulfonamides is 1. The number of aliphatic imine (C=N–C) groups is 1. The normalized spacial score (nSPS) is 16.9. The van der Waals surface area contributed by atoms with Gasteiger partial charge in [0.05, 0.1) is 17.2 Å². The Hall–Kier alpha value is -3.14. The standard InChI is InChI=1S/C25H24ClN5O2S2/c1-17-8-14-21(15-9-17)35(32,33)30-25(28-24(27)34-2)31-16-22(18-6-4-3-5-7-18)23(29-31)19-10-12-20(26)13-11-19/h3-15,22H,16H2,1-2H3,(H2,27,28,30)/t22-/m1/s1. The van der Waals surface area contributed by atoms with Crippen molar-refractivity contribution < 1.29 is 8.42 Å². The van der Waals surface area contributed by atoms with Gasteiger partial charge in [0.25, 0.3) is 16.0 Å². The van der Waals surface area contributed by atoms with E-state index in [0.29, 0.717) is 11.6 Å². The van der Waals surface area contributed by atoms with E-state index in [-0.39, 0.29) is 21.9 Å². The molecule has 0 aromatic heterocycles. The number of thioether (sulfide) groups is 1. The van der Waals surface area contributed by atoms with Crippen molar-refractivity contribution in [3.05, 3.63) is 101 Å². The van der Waals surface area contributed by atoms with Crippen LogP contribution >= 0.6 is 23.4 Å². The number of hydrogen-bond acceptors (Lipinski definition) is 4. The highest BCUT2D eigenvalue weighted by atomic mass is 35.5. The molecule has 1 aliphatic rings. The van der Waals surface area contributed by atoms with E-state index < -0.39 is 10.0 Å². The Kier molecular flexibility index (Phi) is 7.59. The van der Waals surface area contributed by atoms with Gasteiger partial charge in [-0.1, -0.05) is 83.5 Å². The molecule has 4 rings (SSSR count). The summed E-state index contributed by atoms with van der Waals surface area (Å²) < 4.78 is 30.3. The zero-order valence-electron chi connectivity index (χ0n) is 19.2. The first-order valence-corrected chi connectivity index (χ1v) is 13.8. The SMILES string of the molecule is CSC(N)=NC(=NS(=O)(=O)c1ccc(C)cc1)N1C[C@H](c2ccccc2)C(c2ccc(Cl)cc2)=N1. The monoisotopic (exact) mass is 525 g/mol. The molecule has 0 unspecified atom stereocenters. The number of rotatable bonds is 4. The number of hydrazone groups is 1. The van der Waals surface area contributed by atoms with Crippen molar-refractivity contribution in [1.29, 1.82) is 0 Å². The lowest BCUT2D eigenvalue weighted by molar-refractivity contribution is 0.470. The Balaban J connectivity index is 1.81. The van der Waals surface area contributed by atoms with Gasteiger partial charge >= 0.3 is 0 Å². The maximum atomic E-state index is 13.1. The van der Waals surface area contributed by atoms with Crippen molar-refractivity contribution in [1.82, 2.24) is 5.01 Å². The molecule has 0 bridgehead atoms. The van der Waals surface area contributed by atoms with Crippen LogP contribution in [-0.4, -0.2) is 43.1 Å². The lowest BCUT2D eigenvalue weighted by Gasteiger charge is -2.16. The van der Waals surface area contributed by atoms with E-state index in [0.717, 1.165) is 22.4 Å². The van der Waals surface area contributed by atoms with E-state index in [9.17, 15) is 8.42 Å². The fraction of sp³-hybridized carbons (Fsp3) is 0.160. The van der Waals surface area contributed by atoms with Gasteiger partial charge < -0.3 is 5.73 Å². The number of halogens is 1. The Labute approximate surface area is 214 Å². The third-order valence-electron chi connectivity index (χ3n) is 5.43. The van der Waals surface area contributed by atoms with Crippen LogP contribution in [-0.2, 0) is 10.0 Å². The fourth-order valence-corrected chi connectivity index (χ4v) is 4.83. The summed E-state index contributed by atoms with van der Waals surface area (Å²) >= 11 is 7.29. The van der Waals surface area contributed by atoms with Crippen LogP contribution in [0.2, 0.25) is 5.02 Å². The first-order valence-electron chi connectivity index (χ1n) is 10.7. The zero-order chi connectivity index (χ0) is 25.0. The van der Waals surface area contributed by atoms with Crippen molar-refractivity contribution in [2.24, 2.45) is 20.2 Å². The number of amidine groups is 1. The highest BCUT2D eigenvalue weighted by Crippen LogP contribution is 2.30. The number of guanidine groups is 1. The van der Waals surface area contributed by atoms with Crippen LogP contribution < -0.4 is 5.73 Å². The molecule has 35 heavy (non-hydrogen) atoms. The highest BCUT2D eigenvalue weighted by Gasteiger charge is 2.32. The molecule has 0 saturated heterocycles. The van der Waals surface area contributed by atoms with E-state index in [1.54, 1.807) is 30.5 Å². The summed E-state index contributed by atoms with van der Waals surface area (Å²) in [7, 11) is -4.05. The van der Waals surface area contributed by atoms with Crippen LogP contribution in [0.1, 0.15) is 22.6 Å². The summed E-state index contributed by atoms with van der Waals surface area (Å²) in [6.45, 7) is 2.23. The van der Waals surface area contributed by atoms with Gasteiger partial charge in [0.1, 0.15) is 0 Å². The fourth-order valence-electron chi connectivity index (χ4n) is 3.59. The van der Waals surface area contributed by atoms with Crippen molar-refractivity contribution >= 4 is 50.2 Å². The van der Waals surface area contributed by atoms with E-state index in [1.165, 1.54) is 28.9 Å². The van der Waals surface area contributed by atoms with Crippen molar-refractivity contribution in [3.63, 3.8) is 0 Å². The second-order valence-corrected chi connectivity index (χ2v) is 10.7. The molecule has 1 atom stereocenters. The van der Waals surface area contributed by atoms with Gasteiger partial charge in [-0.2, -0.15) is 18.5 Å². The summed E-state index contributed by atoms with van der Waals surface area (Å²) in [5.74, 6) is -0.238. The molecule has 0 aliphatic carbocycles. The minimum atomic E-state index is -4.05. The Morgan fingerprint density at radius 2 is 1.71 bits per heavy atom. The number of nitrogens with zero attached hydrogens (tertiary/aromatic N) is 4. The molecule has 3 aromatic carbocycles. The van der Waals surface area contributed by atoms with Gasteiger partial charge in [0.2, 0.25) is 0 Å². The maximum Gasteiger partial charge on any atom is 0.285 e. The Morgan fingerprint density at radius 3 is 2.34 bits per heavy atom.